The van der Waals surface area contributed by atoms with Crippen molar-refractivity contribution in [2.45, 2.75) is 25.2 Å². The summed E-state index contributed by atoms with van der Waals surface area (Å²) < 4.78 is 16.2. The van der Waals surface area contributed by atoms with E-state index < -0.39 is 0 Å². The number of hydrogen-bond donors (Lipinski definition) is 0. The molecule has 4 nitrogen and oxygen atoms in total. The largest absolute Gasteiger partial charge is 0.497 e. The summed E-state index contributed by atoms with van der Waals surface area (Å²) in [4.78, 5) is 12.2. The van der Waals surface area contributed by atoms with E-state index in [9.17, 15) is 4.79 Å². The molecule has 21 heavy (non-hydrogen) atoms. The SMILES string of the molecule is COC(=O)[C@H]1CC=C[C@@H](C)c2oc3ccc(OC)cc3c21. The van der Waals surface area contributed by atoms with Crippen molar-refractivity contribution >= 4 is 16.9 Å². The van der Waals surface area contributed by atoms with E-state index in [0.29, 0.717) is 6.42 Å². The lowest BCUT2D eigenvalue weighted by atomic mass is 9.92. The van der Waals surface area contributed by atoms with Crippen molar-refractivity contribution in [2.75, 3.05) is 14.2 Å². The van der Waals surface area contributed by atoms with Crippen LogP contribution >= 0.6 is 0 Å². The first kappa shape index (κ1) is 13.7. The van der Waals surface area contributed by atoms with Gasteiger partial charge in [-0.05, 0) is 24.6 Å². The minimum absolute atomic E-state index is 0.132. The summed E-state index contributed by atoms with van der Waals surface area (Å²) in [6.07, 6.45) is 4.71. The average molecular weight is 286 g/mol. The van der Waals surface area contributed by atoms with Gasteiger partial charge in [0.05, 0.1) is 20.1 Å². The topological polar surface area (TPSA) is 48.7 Å². The Hall–Kier alpha value is -2.23. The zero-order chi connectivity index (χ0) is 15.0. The Bertz CT molecular complexity index is 711. The van der Waals surface area contributed by atoms with Gasteiger partial charge in [-0.15, -0.1) is 0 Å². The van der Waals surface area contributed by atoms with E-state index in [4.69, 9.17) is 13.9 Å². The Labute approximate surface area is 123 Å². The summed E-state index contributed by atoms with van der Waals surface area (Å²) in [6.45, 7) is 2.06. The van der Waals surface area contributed by atoms with Crippen LogP contribution < -0.4 is 4.74 Å². The number of esters is 1. The third-order valence-corrected chi connectivity index (χ3v) is 4.01. The number of allylic oxidation sites excluding steroid dienone is 2. The lowest BCUT2D eigenvalue weighted by Crippen LogP contribution is -2.14. The summed E-state index contributed by atoms with van der Waals surface area (Å²) in [7, 11) is 3.05. The maximum absolute atomic E-state index is 12.2. The Kier molecular flexibility index (Phi) is 3.45. The molecule has 2 atom stereocenters. The maximum Gasteiger partial charge on any atom is 0.313 e. The van der Waals surface area contributed by atoms with Gasteiger partial charge in [0.25, 0.3) is 0 Å². The molecule has 0 amide bonds. The number of carbonyl (C=O) groups is 1. The highest BCUT2D eigenvalue weighted by molar-refractivity contribution is 5.91. The molecule has 1 aromatic heterocycles. The molecule has 2 aromatic rings. The van der Waals surface area contributed by atoms with Gasteiger partial charge in [-0.2, -0.15) is 0 Å². The number of rotatable bonds is 2. The molecule has 0 bridgehead atoms. The molecular weight excluding hydrogens is 268 g/mol. The molecule has 1 aliphatic rings. The quantitative estimate of drug-likeness (QED) is 0.623. The molecule has 0 saturated carbocycles. The fourth-order valence-electron chi connectivity index (χ4n) is 2.92. The van der Waals surface area contributed by atoms with E-state index in [1.807, 2.05) is 24.3 Å². The Morgan fingerprint density at radius 2 is 2.14 bits per heavy atom. The molecule has 0 aliphatic heterocycles. The number of furan rings is 1. The molecule has 4 heteroatoms. The first-order valence-electron chi connectivity index (χ1n) is 7.00. The molecule has 0 radical (unpaired) electrons. The predicted octanol–water partition coefficient (Wildman–Crippen LogP) is 3.76. The lowest BCUT2D eigenvalue weighted by molar-refractivity contribution is -0.142. The van der Waals surface area contributed by atoms with Crippen LogP contribution in [0.15, 0.2) is 34.8 Å². The van der Waals surface area contributed by atoms with Crippen molar-refractivity contribution in [3.05, 3.63) is 41.7 Å². The third-order valence-electron chi connectivity index (χ3n) is 4.01. The van der Waals surface area contributed by atoms with Gasteiger partial charge in [-0.1, -0.05) is 19.1 Å². The van der Waals surface area contributed by atoms with Crippen LogP contribution in [0.4, 0.5) is 0 Å². The van der Waals surface area contributed by atoms with Crippen molar-refractivity contribution in [2.24, 2.45) is 0 Å². The Morgan fingerprint density at radius 1 is 1.33 bits per heavy atom. The Balaban J connectivity index is 2.26. The summed E-state index contributed by atoms with van der Waals surface area (Å²) in [5.41, 5.74) is 1.70. The maximum atomic E-state index is 12.2. The van der Waals surface area contributed by atoms with Gasteiger partial charge >= 0.3 is 5.97 Å². The van der Waals surface area contributed by atoms with E-state index in [0.717, 1.165) is 28.0 Å². The molecule has 0 unspecified atom stereocenters. The van der Waals surface area contributed by atoms with E-state index in [1.54, 1.807) is 7.11 Å². The summed E-state index contributed by atoms with van der Waals surface area (Å²) in [5, 5.41) is 0.926. The molecule has 1 aromatic carbocycles. The molecule has 3 rings (SSSR count). The smallest absolute Gasteiger partial charge is 0.313 e. The zero-order valence-corrected chi connectivity index (χ0v) is 12.4. The summed E-state index contributed by atoms with van der Waals surface area (Å²) >= 11 is 0. The van der Waals surface area contributed by atoms with Gasteiger partial charge in [-0.25, -0.2) is 0 Å². The van der Waals surface area contributed by atoms with Crippen LogP contribution in [0.2, 0.25) is 0 Å². The van der Waals surface area contributed by atoms with E-state index >= 15 is 0 Å². The summed E-state index contributed by atoms with van der Waals surface area (Å²) in [6, 6.07) is 5.66. The van der Waals surface area contributed by atoms with Crippen molar-refractivity contribution in [1.82, 2.24) is 0 Å². The van der Waals surface area contributed by atoms with Gasteiger partial charge in [0.2, 0.25) is 0 Å². The molecule has 0 fully saturated rings. The molecule has 1 heterocycles. The molecule has 110 valence electrons. The van der Waals surface area contributed by atoms with E-state index in [2.05, 4.69) is 13.0 Å². The number of benzene rings is 1. The first-order valence-corrected chi connectivity index (χ1v) is 7.00. The number of hydrogen-bond acceptors (Lipinski definition) is 4. The van der Waals surface area contributed by atoms with Crippen LogP contribution in [0.5, 0.6) is 5.75 Å². The molecule has 0 N–H and O–H groups in total. The normalized spacial score (nSPS) is 20.9. The van der Waals surface area contributed by atoms with Gasteiger partial charge in [0, 0.05) is 16.9 Å². The molecule has 0 saturated heterocycles. The molecule has 0 spiro atoms. The van der Waals surface area contributed by atoms with Gasteiger partial charge in [0.15, 0.2) is 0 Å². The van der Waals surface area contributed by atoms with Crippen molar-refractivity contribution in [1.29, 1.82) is 0 Å². The van der Waals surface area contributed by atoms with Gasteiger partial charge in [-0.3, -0.25) is 4.79 Å². The monoisotopic (exact) mass is 286 g/mol. The van der Waals surface area contributed by atoms with Gasteiger partial charge in [0.1, 0.15) is 17.1 Å². The third kappa shape index (κ3) is 2.20. The second kappa shape index (κ2) is 5.28. The van der Waals surface area contributed by atoms with Crippen LogP contribution in [0.25, 0.3) is 11.0 Å². The highest BCUT2D eigenvalue weighted by Crippen LogP contribution is 2.41. The average Bonchev–Trinajstić information content (AvgIpc) is 2.80. The zero-order valence-electron chi connectivity index (χ0n) is 12.4. The van der Waals surface area contributed by atoms with Crippen LogP contribution in [0, 0.1) is 0 Å². The van der Waals surface area contributed by atoms with E-state index in [-0.39, 0.29) is 17.8 Å². The predicted molar refractivity (Wildman–Crippen MR) is 79.7 cm³/mol. The standard InChI is InChI=1S/C17H18O4/c1-10-5-4-6-12(17(18)20-3)15-13-9-11(19-2)7-8-14(13)21-16(10)15/h4-5,7-10,12H,6H2,1-3H3/t10-,12+/m1/s1. The fraction of sp³-hybridized carbons (Fsp3) is 0.353. The highest BCUT2D eigenvalue weighted by atomic mass is 16.5. The number of carbonyl (C=O) groups excluding carboxylic acids is 1. The molecular formula is C17H18O4. The lowest BCUT2D eigenvalue weighted by Gasteiger charge is -2.13. The van der Waals surface area contributed by atoms with Crippen molar-refractivity contribution in [3.8, 4) is 5.75 Å². The van der Waals surface area contributed by atoms with Crippen LogP contribution in [0.1, 0.15) is 36.5 Å². The highest BCUT2D eigenvalue weighted by Gasteiger charge is 2.31. The second-order valence-corrected chi connectivity index (χ2v) is 5.27. The number of ether oxygens (including phenoxy) is 2. The summed E-state index contributed by atoms with van der Waals surface area (Å²) in [5.74, 6) is 1.15. The molecule has 1 aliphatic carbocycles. The van der Waals surface area contributed by atoms with Crippen LogP contribution in [-0.2, 0) is 9.53 Å². The van der Waals surface area contributed by atoms with Crippen molar-refractivity contribution < 1.29 is 18.7 Å². The van der Waals surface area contributed by atoms with Crippen LogP contribution in [0.3, 0.4) is 0 Å². The number of methoxy groups -OCH3 is 2. The van der Waals surface area contributed by atoms with Crippen LogP contribution in [-0.4, -0.2) is 20.2 Å². The van der Waals surface area contributed by atoms with E-state index in [1.165, 1.54) is 7.11 Å². The minimum atomic E-state index is -0.334. The first-order chi connectivity index (χ1) is 10.2. The fourth-order valence-corrected chi connectivity index (χ4v) is 2.92. The minimum Gasteiger partial charge on any atom is -0.497 e. The van der Waals surface area contributed by atoms with Crippen molar-refractivity contribution in [3.63, 3.8) is 0 Å². The second-order valence-electron chi connectivity index (χ2n) is 5.27. The Morgan fingerprint density at radius 3 is 2.86 bits per heavy atom. The number of fused-ring (bicyclic) bond motifs is 3. The van der Waals surface area contributed by atoms with Gasteiger partial charge < -0.3 is 13.9 Å².